The second-order valence-corrected chi connectivity index (χ2v) is 12.0. The van der Waals surface area contributed by atoms with E-state index in [2.05, 4.69) is 5.92 Å². The van der Waals surface area contributed by atoms with Crippen molar-refractivity contribution in [2.24, 2.45) is 28.6 Å². The molecule has 0 amide bonds. The average molecular weight is 548 g/mol. The lowest BCUT2D eigenvalue weighted by molar-refractivity contribution is -0.234. The molecule has 2 bridgehead atoms. The number of ether oxygens (including phenoxy) is 1. The standard InChI is InChI=1S/C27H34ClN3O7/c1-5-9-29-23(35)30-10-7-17(14-31(30)24(29)36)18-11-20(38-21(33)13-28)25(4)15(2)6-8-26(16(18)3)12-19(32)22(34)27(25,26)37/h1,7,15-16,18-20,32,37H,6,8-14H2,2-4H3/t15-,16+,18-,19+,20-,25+,26+,27-/m1/s1. The van der Waals surface area contributed by atoms with Crippen molar-refractivity contribution in [1.29, 1.82) is 0 Å². The van der Waals surface area contributed by atoms with Gasteiger partial charge in [0, 0.05) is 10.8 Å². The molecule has 0 radical (unpaired) electrons. The van der Waals surface area contributed by atoms with E-state index < -0.39 is 51.8 Å². The molecule has 2 heterocycles. The van der Waals surface area contributed by atoms with Crippen LogP contribution < -0.4 is 11.4 Å². The Hall–Kier alpha value is -2.61. The lowest BCUT2D eigenvalue weighted by atomic mass is 9.46. The molecule has 0 saturated heterocycles. The molecule has 5 rings (SSSR count). The molecule has 3 saturated carbocycles. The van der Waals surface area contributed by atoms with Gasteiger partial charge >= 0.3 is 17.3 Å². The van der Waals surface area contributed by atoms with E-state index in [1.54, 1.807) is 6.92 Å². The summed E-state index contributed by atoms with van der Waals surface area (Å²) in [7, 11) is 0. The molecule has 1 aromatic heterocycles. The lowest BCUT2D eigenvalue weighted by Crippen LogP contribution is -2.69. The number of allylic oxidation sites excluding steroid dienone is 2. The number of carbonyl (C=O) groups excluding carboxylic acids is 2. The Balaban J connectivity index is 1.66. The van der Waals surface area contributed by atoms with Crippen molar-refractivity contribution < 1.29 is 24.5 Å². The molecule has 0 spiro atoms. The van der Waals surface area contributed by atoms with Crippen LogP contribution >= 0.6 is 11.6 Å². The normalized spacial score (nSPS) is 40.0. The third kappa shape index (κ3) is 3.21. The van der Waals surface area contributed by atoms with Gasteiger partial charge in [-0.25, -0.2) is 23.5 Å². The summed E-state index contributed by atoms with van der Waals surface area (Å²) in [6.07, 6.45) is 6.65. The Morgan fingerprint density at radius 3 is 2.61 bits per heavy atom. The molecule has 206 valence electrons. The number of aliphatic hydroxyl groups excluding tert-OH is 1. The summed E-state index contributed by atoms with van der Waals surface area (Å²) in [5.74, 6) is -0.139. The van der Waals surface area contributed by atoms with E-state index in [0.717, 1.165) is 10.1 Å². The number of hydrogen-bond donors (Lipinski definition) is 2. The van der Waals surface area contributed by atoms with Gasteiger partial charge in [0.2, 0.25) is 0 Å². The third-order valence-corrected chi connectivity index (χ3v) is 10.8. The van der Waals surface area contributed by atoms with E-state index in [0.29, 0.717) is 19.3 Å². The van der Waals surface area contributed by atoms with Gasteiger partial charge < -0.3 is 14.9 Å². The first-order chi connectivity index (χ1) is 17.9. The van der Waals surface area contributed by atoms with Crippen molar-refractivity contribution in [3.05, 3.63) is 32.6 Å². The molecular formula is C27H34ClN3O7. The molecule has 38 heavy (non-hydrogen) atoms. The number of rotatable bonds is 4. The first kappa shape index (κ1) is 27.0. The maximum Gasteiger partial charge on any atom is 0.348 e. The fourth-order valence-electron chi connectivity index (χ4n) is 8.31. The van der Waals surface area contributed by atoms with E-state index in [9.17, 15) is 29.4 Å². The number of alkyl halides is 1. The Bertz CT molecular complexity index is 1380. The fraction of sp³-hybridized carbons (Fsp3) is 0.704. The molecule has 11 heteroatoms. The van der Waals surface area contributed by atoms with E-state index >= 15 is 0 Å². The largest absolute Gasteiger partial charge is 0.461 e. The van der Waals surface area contributed by atoms with Crippen molar-refractivity contribution in [2.45, 2.75) is 83.9 Å². The monoisotopic (exact) mass is 547 g/mol. The van der Waals surface area contributed by atoms with Crippen molar-refractivity contribution in [1.82, 2.24) is 13.9 Å². The minimum atomic E-state index is -1.92. The Labute approximate surface area is 225 Å². The first-order valence-corrected chi connectivity index (χ1v) is 13.7. The van der Waals surface area contributed by atoms with Crippen molar-refractivity contribution in [3.8, 4) is 12.3 Å². The average Bonchev–Trinajstić information content (AvgIpc) is 3.25. The van der Waals surface area contributed by atoms with Gasteiger partial charge in [-0.1, -0.05) is 32.8 Å². The molecule has 2 N–H and O–H groups in total. The summed E-state index contributed by atoms with van der Waals surface area (Å²) in [5.41, 5.74) is -4.21. The fourth-order valence-corrected chi connectivity index (χ4v) is 8.37. The maximum atomic E-state index is 13.6. The number of aromatic nitrogens is 3. The van der Waals surface area contributed by atoms with Gasteiger partial charge in [0.05, 0.1) is 19.6 Å². The van der Waals surface area contributed by atoms with Crippen LogP contribution in [0.25, 0.3) is 0 Å². The molecule has 0 aromatic carbocycles. The van der Waals surface area contributed by atoms with E-state index in [4.69, 9.17) is 22.8 Å². The molecule has 0 unspecified atom stereocenters. The molecule has 3 fully saturated rings. The topological polar surface area (TPSA) is 133 Å². The molecular weight excluding hydrogens is 514 g/mol. The van der Waals surface area contributed by atoms with Gasteiger partial charge in [-0.3, -0.25) is 9.59 Å². The number of fused-ring (bicyclic) bond motifs is 1. The van der Waals surface area contributed by atoms with Crippen LogP contribution in [-0.4, -0.2) is 59.6 Å². The molecule has 10 nitrogen and oxygen atoms in total. The smallest absolute Gasteiger partial charge is 0.348 e. The highest BCUT2D eigenvalue weighted by Crippen LogP contribution is 2.70. The molecule has 4 aliphatic rings. The zero-order valence-electron chi connectivity index (χ0n) is 21.9. The van der Waals surface area contributed by atoms with Crippen LogP contribution in [-0.2, 0) is 34.0 Å². The van der Waals surface area contributed by atoms with Crippen LogP contribution in [0.2, 0.25) is 0 Å². The SMILES string of the molecule is C#CCn1c(=O)n2n(c1=O)CC([C@@H]1C[C@@H](OC(=O)CCl)[C@]3(C)[C@H](C)CC[C@]4(C[C@H](O)C(=O)[C@]43O)[C@H]1C)=CC2. The number of esters is 1. The maximum absolute atomic E-state index is 13.6. The second kappa shape index (κ2) is 8.97. The Kier molecular flexibility index (Phi) is 6.37. The van der Waals surface area contributed by atoms with Gasteiger partial charge in [0.15, 0.2) is 5.78 Å². The molecule has 1 aliphatic heterocycles. The third-order valence-electron chi connectivity index (χ3n) is 10.5. The number of carbonyl (C=O) groups is 2. The summed E-state index contributed by atoms with van der Waals surface area (Å²) < 4.78 is 9.63. The van der Waals surface area contributed by atoms with Crippen LogP contribution in [0.4, 0.5) is 0 Å². The van der Waals surface area contributed by atoms with E-state index in [-0.39, 0.29) is 49.7 Å². The van der Waals surface area contributed by atoms with Crippen molar-refractivity contribution in [3.63, 3.8) is 0 Å². The predicted octanol–water partition coefficient (Wildman–Crippen LogP) is 0.679. The highest BCUT2D eigenvalue weighted by atomic mass is 35.5. The van der Waals surface area contributed by atoms with Crippen LogP contribution in [0.5, 0.6) is 0 Å². The van der Waals surface area contributed by atoms with Crippen LogP contribution in [0.1, 0.15) is 46.5 Å². The quantitative estimate of drug-likeness (QED) is 0.245. The van der Waals surface area contributed by atoms with Gasteiger partial charge in [0.25, 0.3) is 0 Å². The molecule has 1 aromatic rings. The predicted molar refractivity (Wildman–Crippen MR) is 137 cm³/mol. The minimum absolute atomic E-state index is 0.106. The highest BCUT2D eigenvalue weighted by molar-refractivity contribution is 6.26. The number of halogens is 1. The van der Waals surface area contributed by atoms with Crippen molar-refractivity contribution in [2.75, 3.05) is 5.88 Å². The zero-order valence-corrected chi connectivity index (χ0v) is 22.6. The summed E-state index contributed by atoms with van der Waals surface area (Å²) in [6.45, 7) is 5.84. The van der Waals surface area contributed by atoms with Gasteiger partial charge in [-0.15, -0.1) is 18.0 Å². The lowest BCUT2D eigenvalue weighted by Gasteiger charge is -2.60. The summed E-state index contributed by atoms with van der Waals surface area (Å²) >= 11 is 5.81. The molecule has 8 atom stereocenters. The highest BCUT2D eigenvalue weighted by Gasteiger charge is 2.78. The molecule has 3 aliphatic carbocycles. The van der Waals surface area contributed by atoms with Gasteiger partial charge in [-0.05, 0) is 49.0 Å². The summed E-state index contributed by atoms with van der Waals surface area (Å²) in [6, 6.07) is 0. The van der Waals surface area contributed by atoms with E-state index in [1.165, 1.54) is 9.36 Å². The Morgan fingerprint density at radius 2 is 1.95 bits per heavy atom. The van der Waals surface area contributed by atoms with Crippen LogP contribution in [0.3, 0.4) is 0 Å². The summed E-state index contributed by atoms with van der Waals surface area (Å²) in [4.78, 5) is 51.9. The van der Waals surface area contributed by atoms with Crippen LogP contribution in [0.15, 0.2) is 21.2 Å². The number of nitrogens with zero attached hydrogens (tertiary/aromatic N) is 3. The summed E-state index contributed by atoms with van der Waals surface area (Å²) in [5, 5.41) is 23.3. The number of aliphatic hydroxyl groups is 2. The number of terminal acetylenes is 1. The number of hydrogen-bond acceptors (Lipinski definition) is 7. The van der Waals surface area contributed by atoms with E-state index in [1.807, 2.05) is 19.9 Å². The van der Waals surface area contributed by atoms with Gasteiger partial charge in [0.1, 0.15) is 23.7 Å². The minimum Gasteiger partial charge on any atom is -0.461 e. The zero-order chi connectivity index (χ0) is 27.8. The van der Waals surface area contributed by atoms with Gasteiger partial charge in [-0.2, -0.15) is 0 Å². The van der Waals surface area contributed by atoms with Crippen LogP contribution in [0, 0.1) is 40.9 Å². The first-order valence-electron chi connectivity index (χ1n) is 13.1. The van der Waals surface area contributed by atoms with Crippen molar-refractivity contribution >= 4 is 23.4 Å². The number of Topliss-reactive ketones (excluding diaryl/α,β-unsaturated/α-hetero) is 1. The Morgan fingerprint density at radius 1 is 1.26 bits per heavy atom. The number of ketones is 1. The second-order valence-electron chi connectivity index (χ2n) is 11.7.